The monoisotopic (exact) mass is 314 g/mol. The highest BCUT2D eigenvalue weighted by Gasteiger charge is 2.38. The van der Waals surface area contributed by atoms with Gasteiger partial charge in [0.1, 0.15) is 0 Å². The summed E-state index contributed by atoms with van der Waals surface area (Å²) in [6, 6.07) is 19.2. The Bertz CT molecular complexity index is 602. The molecule has 3 heteroatoms. The highest BCUT2D eigenvalue weighted by atomic mass is 32.2. The first-order valence-electron chi connectivity index (χ1n) is 7.65. The molecule has 0 spiro atoms. The van der Waals surface area contributed by atoms with E-state index in [1.165, 1.54) is 16.7 Å². The van der Waals surface area contributed by atoms with Crippen LogP contribution in [0.25, 0.3) is 0 Å². The maximum absolute atomic E-state index is 9.65. The van der Waals surface area contributed by atoms with E-state index in [2.05, 4.69) is 61.5 Å². The Morgan fingerprint density at radius 3 is 2.36 bits per heavy atom. The molecule has 0 bridgehead atoms. The van der Waals surface area contributed by atoms with Crippen molar-refractivity contribution in [3.8, 4) is 0 Å². The van der Waals surface area contributed by atoms with Crippen molar-refractivity contribution in [2.45, 2.75) is 12.2 Å². The van der Waals surface area contributed by atoms with Gasteiger partial charge in [-0.05, 0) is 23.6 Å². The largest absolute Gasteiger partial charge is 0.396 e. The molecule has 0 aromatic heterocycles. The molecule has 1 aliphatic rings. The maximum Gasteiger partial charge on any atom is 0.0575 e. The minimum atomic E-state index is -0.0552. The quantitative estimate of drug-likeness (QED) is 0.879. The lowest BCUT2D eigenvalue weighted by Gasteiger charge is -2.40. The molecule has 0 aliphatic carbocycles. The molecule has 3 rings (SSSR count). The molecule has 1 unspecified atom stereocenters. The third-order valence-electron chi connectivity index (χ3n) is 4.28. The first-order chi connectivity index (χ1) is 10.7. The van der Waals surface area contributed by atoms with Crippen molar-refractivity contribution in [1.29, 1.82) is 0 Å². The van der Waals surface area contributed by atoms with Gasteiger partial charge in [-0.3, -0.25) is 0 Å². The molecule has 1 atom stereocenters. The SMILES string of the molecule is Cc1ccccc1C(SCC1(CO)COC1)c1ccccc1. The lowest BCUT2D eigenvalue weighted by molar-refractivity contribution is -0.121. The number of ether oxygens (including phenoxy) is 1. The van der Waals surface area contributed by atoms with Crippen LogP contribution in [0.2, 0.25) is 0 Å². The van der Waals surface area contributed by atoms with Crippen molar-refractivity contribution in [1.82, 2.24) is 0 Å². The van der Waals surface area contributed by atoms with Gasteiger partial charge in [0.15, 0.2) is 0 Å². The predicted molar refractivity (Wildman–Crippen MR) is 92.3 cm³/mol. The number of thioether (sulfide) groups is 1. The minimum Gasteiger partial charge on any atom is -0.396 e. The predicted octanol–water partition coefficient (Wildman–Crippen LogP) is 3.83. The summed E-state index contributed by atoms with van der Waals surface area (Å²) in [5.74, 6) is 0.914. The molecule has 1 fully saturated rings. The van der Waals surface area contributed by atoms with Crippen LogP contribution in [0.1, 0.15) is 21.9 Å². The number of rotatable bonds is 6. The zero-order valence-electron chi connectivity index (χ0n) is 12.9. The summed E-state index contributed by atoms with van der Waals surface area (Å²) in [6.07, 6.45) is 0. The van der Waals surface area contributed by atoms with E-state index in [4.69, 9.17) is 4.74 Å². The zero-order chi connectivity index (χ0) is 15.4. The van der Waals surface area contributed by atoms with E-state index >= 15 is 0 Å². The first-order valence-corrected chi connectivity index (χ1v) is 8.70. The standard InChI is InChI=1S/C19H22O2S/c1-15-7-5-6-10-17(15)18(16-8-3-2-4-9-16)22-14-19(11-20)12-21-13-19/h2-10,18,20H,11-14H2,1H3. The molecular formula is C19H22O2S. The number of hydrogen-bond acceptors (Lipinski definition) is 3. The van der Waals surface area contributed by atoms with Crippen LogP contribution >= 0.6 is 11.8 Å². The summed E-state index contributed by atoms with van der Waals surface area (Å²) < 4.78 is 5.32. The van der Waals surface area contributed by atoms with E-state index in [1.807, 2.05) is 11.8 Å². The van der Waals surface area contributed by atoms with Crippen LogP contribution in [0.5, 0.6) is 0 Å². The highest BCUT2D eigenvalue weighted by molar-refractivity contribution is 7.99. The molecule has 2 aromatic carbocycles. The van der Waals surface area contributed by atoms with Gasteiger partial charge in [0.05, 0.1) is 25.1 Å². The van der Waals surface area contributed by atoms with E-state index in [0.717, 1.165) is 5.75 Å². The van der Waals surface area contributed by atoms with E-state index in [1.54, 1.807) is 0 Å². The number of aliphatic hydroxyl groups is 1. The summed E-state index contributed by atoms with van der Waals surface area (Å²) in [7, 11) is 0. The Morgan fingerprint density at radius 1 is 1.09 bits per heavy atom. The van der Waals surface area contributed by atoms with Crippen molar-refractivity contribution in [3.05, 3.63) is 71.3 Å². The lowest BCUT2D eigenvalue weighted by Crippen LogP contribution is -2.47. The molecule has 1 heterocycles. The van der Waals surface area contributed by atoms with Crippen LogP contribution in [-0.4, -0.2) is 30.7 Å². The van der Waals surface area contributed by atoms with Gasteiger partial charge in [0, 0.05) is 11.2 Å². The molecule has 2 aromatic rings. The summed E-state index contributed by atoms with van der Waals surface area (Å²) in [4.78, 5) is 0. The van der Waals surface area contributed by atoms with Crippen LogP contribution < -0.4 is 0 Å². The van der Waals surface area contributed by atoms with E-state index in [-0.39, 0.29) is 12.0 Å². The Morgan fingerprint density at radius 2 is 1.77 bits per heavy atom. The van der Waals surface area contributed by atoms with Crippen molar-refractivity contribution in [3.63, 3.8) is 0 Å². The van der Waals surface area contributed by atoms with Gasteiger partial charge in [-0.15, -0.1) is 11.8 Å². The van der Waals surface area contributed by atoms with Crippen molar-refractivity contribution >= 4 is 11.8 Å². The second-order valence-electron chi connectivity index (χ2n) is 6.11. The molecule has 22 heavy (non-hydrogen) atoms. The third-order valence-corrected chi connectivity index (χ3v) is 5.92. The topological polar surface area (TPSA) is 29.5 Å². The zero-order valence-corrected chi connectivity index (χ0v) is 13.7. The average molecular weight is 314 g/mol. The van der Waals surface area contributed by atoms with Gasteiger partial charge in [-0.25, -0.2) is 0 Å². The van der Waals surface area contributed by atoms with E-state index < -0.39 is 0 Å². The average Bonchev–Trinajstić information content (AvgIpc) is 2.52. The Balaban J connectivity index is 1.85. The van der Waals surface area contributed by atoms with Gasteiger partial charge < -0.3 is 9.84 Å². The smallest absolute Gasteiger partial charge is 0.0575 e. The number of aliphatic hydroxyl groups excluding tert-OH is 1. The summed E-state index contributed by atoms with van der Waals surface area (Å²) in [6.45, 7) is 3.72. The summed E-state index contributed by atoms with van der Waals surface area (Å²) in [5, 5.41) is 9.95. The van der Waals surface area contributed by atoms with Crippen LogP contribution in [0.4, 0.5) is 0 Å². The number of hydrogen-bond donors (Lipinski definition) is 1. The van der Waals surface area contributed by atoms with Gasteiger partial charge in [0.2, 0.25) is 0 Å². The molecule has 2 nitrogen and oxygen atoms in total. The molecule has 1 N–H and O–H groups in total. The van der Waals surface area contributed by atoms with Crippen LogP contribution in [0.3, 0.4) is 0 Å². The Kier molecular flexibility index (Phi) is 4.87. The number of benzene rings is 2. The van der Waals surface area contributed by atoms with E-state index in [0.29, 0.717) is 18.5 Å². The van der Waals surface area contributed by atoms with Gasteiger partial charge in [0.25, 0.3) is 0 Å². The first kappa shape index (κ1) is 15.6. The highest BCUT2D eigenvalue weighted by Crippen LogP contribution is 2.42. The second kappa shape index (κ2) is 6.86. The van der Waals surface area contributed by atoms with E-state index in [9.17, 15) is 5.11 Å². The maximum atomic E-state index is 9.65. The van der Waals surface area contributed by atoms with Crippen molar-refractivity contribution < 1.29 is 9.84 Å². The number of aryl methyl sites for hydroxylation is 1. The molecule has 0 radical (unpaired) electrons. The van der Waals surface area contributed by atoms with Gasteiger partial charge >= 0.3 is 0 Å². The Hall–Kier alpha value is -1.29. The summed E-state index contributed by atoms with van der Waals surface area (Å²) >= 11 is 1.91. The molecule has 0 amide bonds. The van der Waals surface area contributed by atoms with Crippen LogP contribution in [0, 0.1) is 12.3 Å². The van der Waals surface area contributed by atoms with Crippen LogP contribution in [-0.2, 0) is 4.74 Å². The molecule has 0 saturated carbocycles. The van der Waals surface area contributed by atoms with Crippen molar-refractivity contribution in [2.75, 3.05) is 25.6 Å². The van der Waals surface area contributed by atoms with Gasteiger partial charge in [-0.2, -0.15) is 0 Å². The van der Waals surface area contributed by atoms with Gasteiger partial charge in [-0.1, -0.05) is 54.6 Å². The second-order valence-corrected chi connectivity index (χ2v) is 7.20. The minimum absolute atomic E-state index is 0.0552. The lowest BCUT2D eigenvalue weighted by atomic mass is 9.90. The molecular weight excluding hydrogens is 292 g/mol. The Labute approximate surface area is 136 Å². The molecule has 116 valence electrons. The fraction of sp³-hybridized carbons (Fsp3) is 0.368. The third kappa shape index (κ3) is 3.22. The van der Waals surface area contributed by atoms with Crippen molar-refractivity contribution in [2.24, 2.45) is 5.41 Å². The fourth-order valence-corrected chi connectivity index (χ4v) is 4.32. The summed E-state index contributed by atoms with van der Waals surface area (Å²) in [5.41, 5.74) is 3.93. The normalized spacial score (nSPS) is 17.7. The van der Waals surface area contributed by atoms with Crippen LogP contribution in [0.15, 0.2) is 54.6 Å². The fourth-order valence-electron chi connectivity index (χ4n) is 2.75. The molecule has 1 saturated heterocycles. The molecule has 1 aliphatic heterocycles.